The molecule has 2 atom stereocenters. The van der Waals surface area contributed by atoms with Crippen molar-refractivity contribution in [1.29, 1.82) is 0 Å². The molecule has 0 N–H and O–H groups in total. The van der Waals surface area contributed by atoms with E-state index in [9.17, 15) is 0 Å². The first-order valence-corrected chi connectivity index (χ1v) is 13.2. The molecule has 3 saturated heterocycles. The van der Waals surface area contributed by atoms with Crippen molar-refractivity contribution < 1.29 is 0 Å². The zero-order valence-electron chi connectivity index (χ0n) is 20.6. The van der Waals surface area contributed by atoms with Gasteiger partial charge in [-0.2, -0.15) is 0 Å². The van der Waals surface area contributed by atoms with Crippen LogP contribution in [0.15, 0.2) is 0 Å². The fourth-order valence-corrected chi connectivity index (χ4v) is 7.45. The Hall–Kier alpha value is -0.160. The van der Waals surface area contributed by atoms with E-state index in [0.29, 0.717) is 11.5 Å². The van der Waals surface area contributed by atoms with Crippen molar-refractivity contribution in [2.75, 3.05) is 65.4 Å². The summed E-state index contributed by atoms with van der Waals surface area (Å²) in [5.41, 5.74) is 1.28. The molecule has 30 heavy (non-hydrogen) atoms. The standard InChI is InChI=1S/C26H48N4/c1-20(2)29-12-14-30(15-13-29)23-16-28(17-23)18-25(5)8-10-27(11-9-25)19-26(6-7-26)24-21(3)22(24)4/h20-24H,6-19H2,1-5H3. The smallest absolute Gasteiger partial charge is 0.0351 e. The van der Waals surface area contributed by atoms with Crippen LogP contribution in [0.4, 0.5) is 0 Å². The van der Waals surface area contributed by atoms with Crippen LogP contribution < -0.4 is 0 Å². The summed E-state index contributed by atoms with van der Waals surface area (Å²) < 4.78 is 0. The lowest BCUT2D eigenvalue weighted by molar-refractivity contribution is -0.0284. The molecule has 2 aliphatic carbocycles. The third-order valence-electron chi connectivity index (χ3n) is 10.2. The highest BCUT2D eigenvalue weighted by Crippen LogP contribution is 2.67. The Kier molecular flexibility index (Phi) is 5.78. The number of rotatable bonds is 7. The molecule has 5 rings (SSSR count). The summed E-state index contributed by atoms with van der Waals surface area (Å²) >= 11 is 0. The second-order valence-electron chi connectivity index (χ2n) is 12.7. The number of nitrogens with zero attached hydrogens (tertiary/aromatic N) is 4. The van der Waals surface area contributed by atoms with E-state index in [-0.39, 0.29) is 0 Å². The molecule has 2 unspecified atom stereocenters. The molecular weight excluding hydrogens is 368 g/mol. The number of piperidine rings is 1. The maximum atomic E-state index is 2.85. The van der Waals surface area contributed by atoms with Gasteiger partial charge in [0, 0.05) is 64.4 Å². The van der Waals surface area contributed by atoms with Gasteiger partial charge < -0.3 is 4.90 Å². The highest BCUT2D eigenvalue weighted by Gasteiger charge is 2.62. The monoisotopic (exact) mass is 416 g/mol. The van der Waals surface area contributed by atoms with E-state index in [1.165, 1.54) is 91.1 Å². The quantitative estimate of drug-likeness (QED) is 0.630. The number of piperazine rings is 1. The van der Waals surface area contributed by atoms with Crippen molar-refractivity contribution in [3.05, 3.63) is 0 Å². The predicted molar refractivity (Wildman–Crippen MR) is 126 cm³/mol. The molecule has 3 heterocycles. The zero-order chi connectivity index (χ0) is 21.1. The number of hydrogen-bond donors (Lipinski definition) is 0. The van der Waals surface area contributed by atoms with Gasteiger partial charge in [0.15, 0.2) is 0 Å². The number of likely N-dealkylation sites (tertiary alicyclic amines) is 2. The summed E-state index contributed by atoms with van der Waals surface area (Å²) in [6.45, 7) is 25.4. The van der Waals surface area contributed by atoms with E-state index in [1.54, 1.807) is 0 Å². The van der Waals surface area contributed by atoms with Gasteiger partial charge in [-0.25, -0.2) is 0 Å². The average Bonchev–Trinajstić information content (AvgIpc) is 3.59. The molecule has 0 amide bonds. The minimum Gasteiger partial charge on any atom is -0.303 e. The van der Waals surface area contributed by atoms with Crippen molar-refractivity contribution in [1.82, 2.24) is 19.6 Å². The Morgan fingerprint density at radius 1 is 0.767 bits per heavy atom. The summed E-state index contributed by atoms with van der Waals surface area (Å²) in [5, 5.41) is 0. The van der Waals surface area contributed by atoms with Crippen molar-refractivity contribution in [2.45, 2.75) is 72.4 Å². The highest BCUT2D eigenvalue weighted by molar-refractivity contribution is 5.11. The summed E-state index contributed by atoms with van der Waals surface area (Å²) in [4.78, 5) is 11.0. The Morgan fingerprint density at radius 2 is 1.37 bits per heavy atom. The molecule has 0 bridgehead atoms. The molecule has 4 nitrogen and oxygen atoms in total. The fraction of sp³-hybridized carbons (Fsp3) is 1.00. The molecule has 0 spiro atoms. The third-order valence-corrected chi connectivity index (χ3v) is 10.2. The van der Waals surface area contributed by atoms with E-state index < -0.39 is 0 Å². The molecule has 4 heteroatoms. The van der Waals surface area contributed by atoms with Crippen LogP contribution in [0.5, 0.6) is 0 Å². The molecule has 5 aliphatic rings. The van der Waals surface area contributed by atoms with Crippen LogP contribution in [0.3, 0.4) is 0 Å². The summed E-state index contributed by atoms with van der Waals surface area (Å²) in [5.74, 6) is 3.04. The molecule has 2 saturated carbocycles. The summed E-state index contributed by atoms with van der Waals surface area (Å²) in [7, 11) is 0. The molecule has 0 aromatic rings. The minimum atomic E-state index is 0.550. The first-order valence-electron chi connectivity index (χ1n) is 13.2. The van der Waals surface area contributed by atoms with Gasteiger partial charge in [-0.15, -0.1) is 0 Å². The van der Waals surface area contributed by atoms with Gasteiger partial charge in [-0.1, -0.05) is 20.8 Å². The van der Waals surface area contributed by atoms with Gasteiger partial charge in [-0.3, -0.25) is 14.7 Å². The van der Waals surface area contributed by atoms with E-state index in [1.807, 2.05) is 0 Å². The SMILES string of the molecule is CC1C(C)C1C1(CN2CCC(C)(CN3CC(N4CCN(C(C)C)CC4)C3)CC2)CC1. The van der Waals surface area contributed by atoms with Crippen molar-refractivity contribution in [3.8, 4) is 0 Å². The molecular formula is C26H48N4. The molecule has 0 aromatic heterocycles. The Labute approximate surface area is 186 Å². The van der Waals surface area contributed by atoms with Gasteiger partial charge in [0.25, 0.3) is 0 Å². The van der Waals surface area contributed by atoms with E-state index >= 15 is 0 Å². The van der Waals surface area contributed by atoms with Gasteiger partial charge in [0.2, 0.25) is 0 Å². The second kappa shape index (κ2) is 8.01. The van der Waals surface area contributed by atoms with E-state index in [0.717, 1.165) is 29.2 Å². The summed E-state index contributed by atoms with van der Waals surface area (Å²) in [6, 6.07) is 1.54. The van der Waals surface area contributed by atoms with Crippen LogP contribution in [-0.2, 0) is 0 Å². The minimum absolute atomic E-state index is 0.550. The van der Waals surface area contributed by atoms with Gasteiger partial charge in [0.1, 0.15) is 0 Å². The normalized spacial score (nSPS) is 38.0. The maximum Gasteiger partial charge on any atom is 0.0351 e. The van der Waals surface area contributed by atoms with Gasteiger partial charge in [-0.05, 0) is 81.2 Å². The van der Waals surface area contributed by atoms with Crippen LogP contribution in [0.2, 0.25) is 0 Å². The van der Waals surface area contributed by atoms with Crippen LogP contribution >= 0.6 is 0 Å². The van der Waals surface area contributed by atoms with E-state index in [2.05, 4.69) is 54.2 Å². The van der Waals surface area contributed by atoms with E-state index in [4.69, 9.17) is 0 Å². The largest absolute Gasteiger partial charge is 0.303 e. The van der Waals surface area contributed by atoms with Crippen LogP contribution in [-0.4, -0.2) is 97.1 Å². The lowest BCUT2D eigenvalue weighted by Crippen LogP contribution is -2.64. The van der Waals surface area contributed by atoms with Gasteiger partial charge >= 0.3 is 0 Å². The molecule has 172 valence electrons. The van der Waals surface area contributed by atoms with Crippen molar-refractivity contribution in [2.24, 2.45) is 28.6 Å². The van der Waals surface area contributed by atoms with Crippen molar-refractivity contribution >= 4 is 0 Å². The van der Waals surface area contributed by atoms with Gasteiger partial charge in [0.05, 0.1) is 0 Å². The summed E-state index contributed by atoms with van der Waals surface area (Å²) in [6.07, 6.45) is 5.85. The maximum absolute atomic E-state index is 2.85. The fourth-order valence-electron chi connectivity index (χ4n) is 7.45. The lowest BCUT2D eigenvalue weighted by Gasteiger charge is -2.52. The van der Waals surface area contributed by atoms with Crippen LogP contribution in [0, 0.1) is 28.6 Å². The van der Waals surface area contributed by atoms with Crippen LogP contribution in [0.25, 0.3) is 0 Å². The molecule has 0 radical (unpaired) electrons. The number of hydrogen-bond acceptors (Lipinski definition) is 4. The molecule has 3 aliphatic heterocycles. The van der Waals surface area contributed by atoms with Crippen LogP contribution in [0.1, 0.15) is 60.3 Å². The molecule has 0 aromatic carbocycles. The first kappa shape index (κ1) is 21.7. The zero-order valence-corrected chi connectivity index (χ0v) is 20.6. The average molecular weight is 417 g/mol. The molecule has 5 fully saturated rings. The second-order valence-corrected chi connectivity index (χ2v) is 12.7. The topological polar surface area (TPSA) is 13.0 Å². The first-order chi connectivity index (χ1) is 14.3. The van der Waals surface area contributed by atoms with Crippen molar-refractivity contribution in [3.63, 3.8) is 0 Å². The third kappa shape index (κ3) is 4.23. The predicted octanol–water partition coefficient (Wildman–Crippen LogP) is 3.48. The Balaban J connectivity index is 1.02. The Bertz CT molecular complexity index is 584. The Morgan fingerprint density at radius 3 is 1.87 bits per heavy atom. The highest BCUT2D eigenvalue weighted by atomic mass is 15.4. The lowest BCUT2D eigenvalue weighted by atomic mass is 9.78.